The van der Waals surface area contributed by atoms with Crippen LogP contribution in [0.3, 0.4) is 0 Å². The second-order valence-corrected chi connectivity index (χ2v) is 11.7. The smallest absolute Gasteiger partial charge is 0.251 e. The summed E-state index contributed by atoms with van der Waals surface area (Å²) in [5.41, 5.74) is 2.46. The Morgan fingerprint density at radius 3 is 2.44 bits per heavy atom. The standard InChI is InChI=1S/C23H27ClN4O3S2.ClH/c1-3-33(30,31)18-6-4-17(5-7-18)22(29)25-10-11-27-12-14-28(15-13-27)23-26-21-16(2)19(24)8-9-20(21)32-23;/h4-9H,3,10-15H2,1-2H3,(H,25,29);1H. The van der Waals surface area contributed by atoms with Crippen molar-refractivity contribution in [3.05, 3.63) is 52.5 Å². The van der Waals surface area contributed by atoms with Gasteiger partial charge in [0, 0.05) is 49.9 Å². The molecule has 2 heterocycles. The maximum Gasteiger partial charge on any atom is 0.251 e. The van der Waals surface area contributed by atoms with E-state index in [1.807, 2.05) is 19.1 Å². The van der Waals surface area contributed by atoms with E-state index >= 15 is 0 Å². The van der Waals surface area contributed by atoms with E-state index in [-0.39, 0.29) is 29.0 Å². The van der Waals surface area contributed by atoms with Crippen molar-refractivity contribution < 1.29 is 13.2 Å². The number of rotatable bonds is 7. The number of piperazine rings is 1. The molecule has 0 radical (unpaired) electrons. The van der Waals surface area contributed by atoms with Crippen LogP contribution >= 0.6 is 35.3 Å². The molecule has 2 aromatic carbocycles. The minimum Gasteiger partial charge on any atom is -0.351 e. The molecule has 1 aromatic heterocycles. The number of nitrogens with zero attached hydrogens (tertiary/aromatic N) is 3. The van der Waals surface area contributed by atoms with E-state index in [9.17, 15) is 13.2 Å². The Hall–Kier alpha value is -1.91. The third kappa shape index (κ3) is 5.83. The molecular weight excluding hydrogens is 515 g/mol. The predicted molar refractivity (Wildman–Crippen MR) is 142 cm³/mol. The number of thiazole rings is 1. The van der Waals surface area contributed by atoms with E-state index in [1.54, 1.807) is 30.4 Å². The summed E-state index contributed by atoms with van der Waals surface area (Å²) in [7, 11) is -3.26. The Labute approximate surface area is 215 Å². The van der Waals surface area contributed by atoms with E-state index in [0.717, 1.165) is 58.7 Å². The molecule has 34 heavy (non-hydrogen) atoms. The number of sulfone groups is 1. The van der Waals surface area contributed by atoms with Gasteiger partial charge in [0.2, 0.25) is 0 Å². The molecule has 1 fully saturated rings. The van der Waals surface area contributed by atoms with Crippen LogP contribution in [-0.4, -0.2) is 69.2 Å². The largest absolute Gasteiger partial charge is 0.351 e. The topological polar surface area (TPSA) is 82.6 Å². The van der Waals surface area contributed by atoms with Crippen molar-refractivity contribution in [3.63, 3.8) is 0 Å². The van der Waals surface area contributed by atoms with Gasteiger partial charge >= 0.3 is 0 Å². The van der Waals surface area contributed by atoms with E-state index in [1.165, 1.54) is 12.1 Å². The van der Waals surface area contributed by atoms with Gasteiger partial charge < -0.3 is 10.2 Å². The summed E-state index contributed by atoms with van der Waals surface area (Å²) >= 11 is 7.93. The minimum absolute atomic E-state index is 0. The number of aromatic nitrogens is 1. The Morgan fingerprint density at radius 1 is 1.12 bits per heavy atom. The molecule has 184 valence electrons. The normalized spacial score (nSPS) is 14.7. The third-order valence-corrected chi connectivity index (χ3v) is 9.19. The van der Waals surface area contributed by atoms with Crippen LogP contribution in [0.2, 0.25) is 5.02 Å². The van der Waals surface area contributed by atoms with Gasteiger partial charge in [-0.3, -0.25) is 9.69 Å². The molecule has 0 spiro atoms. The second kappa shape index (κ2) is 11.2. The Morgan fingerprint density at radius 2 is 1.79 bits per heavy atom. The summed E-state index contributed by atoms with van der Waals surface area (Å²) in [6.45, 7) is 8.46. The van der Waals surface area contributed by atoms with Gasteiger partial charge in [0.1, 0.15) is 0 Å². The van der Waals surface area contributed by atoms with Gasteiger partial charge in [-0.15, -0.1) is 12.4 Å². The van der Waals surface area contributed by atoms with E-state index in [2.05, 4.69) is 15.1 Å². The Kier molecular flexibility index (Phi) is 8.81. The lowest BCUT2D eigenvalue weighted by Crippen LogP contribution is -2.48. The number of carbonyl (C=O) groups excluding carboxylic acids is 1. The average Bonchev–Trinajstić information content (AvgIpc) is 3.27. The van der Waals surface area contributed by atoms with Gasteiger partial charge in [-0.1, -0.05) is 29.9 Å². The van der Waals surface area contributed by atoms with Gasteiger partial charge in [0.05, 0.1) is 20.9 Å². The number of fused-ring (bicyclic) bond motifs is 1. The molecule has 0 aliphatic carbocycles. The zero-order valence-electron chi connectivity index (χ0n) is 19.1. The molecule has 0 unspecified atom stereocenters. The van der Waals surface area contributed by atoms with Gasteiger partial charge in [0.25, 0.3) is 5.91 Å². The van der Waals surface area contributed by atoms with Crippen LogP contribution in [-0.2, 0) is 9.84 Å². The lowest BCUT2D eigenvalue weighted by molar-refractivity contribution is 0.0947. The van der Waals surface area contributed by atoms with Gasteiger partial charge in [0.15, 0.2) is 15.0 Å². The fraction of sp³-hybridized carbons (Fsp3) is 0.391. The van der Waals surface area contributed by atoms with Crippen molar-refractivity contribution in [2.24, 2.45) is 0 Å². The third-order valence-electron chi connectivity index (χ3n) is 5.95. The number of hydrogen-bond acceptors (Lipinski definition) is 7. The highest BCUT2D eigenvalue weighted by molar-refractivity contribution is 7.91. The molecular formula is C23H28Cl2N4O3S2. The monoisotopic (exact) mass is 542 g/mol. The number of hydrogen-bond donors (Lipinski definition) is 1. The van der Waals surface area contributed by atoms with E-state index < -0.39 is 9.84 Å². The first kappa shape index (κ1) is 26.7. The second-order valence-electron chi connectivity index (χ2n) is 8.03. The maximum absolute atomic E-state index is 12.4. The first-order valence-electron chi connectivity index (χ1n) is 10.9. The molecule has 0 atom stereocenters. The van der Waals surface area contributed by atoms with Crippen LogP contribution in [0.25, 0.3) is 10.2 Å². The maximum atomic E-state index is 12.4. The summed E-state index contributed by atoms with van der Waals surface area (Å²) in [5, 5.41) is 4.69. The van der Waals surface area contributed by atoms with Gasteiger partial charge in [-0.2, -0.15) is 0 Å². The Bertz CT molecular complexity index is 1260. The zero-order chi connectivity index (χ0) is 23.6. The number of halogens is 2. The fourth-order valence-electron chi connectivity index (χ4n) is 3.80. The highest BCUT2D eigenvalue weighted by Gasteiger charge is 2.21. The molecule has 0 saturated carbocycles. The van der Waals surface area contributed by atoms with Crippen LogP contribution in [0.15, 0.2) is 41.3 Å². The van der Waals surface area contributed by atoms with Crippen molar-refractivity contribution >= 4 is 66.4 Å². The number of carbonyl (C=O) groups is 1. The molecule has 1 aliphatic heterocycles. The van der Waals surface area contributed by atoms with Crippen LogP contribution in [0.5, 0.6) is 0 Å². The molecule has 7 nitrogen and oxygen atoms in total. The molecule has 1 aliphatic rings. The van der Waals surface area contributed by atoms with Gasteiger partial charge in [-0.05, 0) is 48.9 Å². The number of amides is 1. The number of anilines is 1. The zero-order valence-corrected chi connectivity index (χ0v) is 22.3. The molecule has 4 rings (SSSR count). The van der Waals surface area contributed by atoms with Crippen LogP contribution in [0.1, 0.15) is 22.8 Å². The van der Waals surface area contributed by atoms with E-state index in [4.69, 9.17) is 16.6 Å². The molecule has 0 bridgehead atoms. The molecule has 11 heteroatoms. The van der Waals surface area contributed by atoms with Gasteiger partial charge in [-0.25, -0.2) is 13.4 Å². The van der Waals surface area contributed by atoms with E-state index in [0.29, 0.717) is 12.1 Å². The Balaban J connectivity index is 0.00000324. The lowest BCUT2D eigenvalue weighted by Gasteiger charge is -2.34. The molecule has 1 saturated heterocycles. The summed E-state index contributed by atoms with van der Waals surface area (Å²) in [6.07, 6.45) is 0. The number of nitrogens with one attached hydrogen (secondary N) is 1. The minimum atomic E-state index is -3.26. The summed E-state index contributed by atoms with van der Waals surface area (Å²) in [5.74, 6) is -0.156. The first-order valence-corrected chi connectivity index (χ1v) is 13.8. The van der Waals surface area contributed by atoms with Crippen LogP contribution < -0.4 is 10.2 Å². The summed E-state index contributed by atoms with van der Waals surface area (Å²) in [6, 6.07) is 10.1. The highest BCUT2D eigenvalue weighted by Crippen LogP contribution is 2.33. The van der Waals surface area contributed by atoms with Crippen LogP contribution in [0, 0.1) is 6.92 Å². The van der Waals surface area contributed by atoms with Crippen LogP contribution in [0.4, 0.5) is 5.13 Å². The number of aryl methyl sites for hydroxylation is 1. The summed E-state index contributed by atoms with van der Waals surface area (Å²) in [4.78, 5) is 22.1. The predicted octanol–water partition coefficient (Wildman–Crippen LogP) is 4.03. The quantitative estimate of drug-likeness (QED) is 0.485. The SMILES string of the molecule is CCS(=O)(=O)c1ccc(C(=O)NCCN2CCN(c3nc4c(C)c(Cl)ccc4s3)CC2)cc1.Cl. The highest BCUT2D eigenvalue weighted by atomic mass is 35.5. The first-order chi connectivity index (χ1) is 15.8. The van der Waals surface area contributed by atoms with Crippen molar-refractivity contribution in [2.45, 2.75) is 18.7 Å². The number of benzene rings is 2. The van der Waals surface area contributed by atoms with Crippen molar-refractivity contribution in [1.82, 2.24) is 15.2 Å². The molecule has 1 amide bonds. The fourth-order valence-corrected chi connectivity index (χ4v) is 5.91. The summed E-state index contributed by atoms with van der Waals surface area (Å²) < 4.78 is 24.9. The van der Waals surface area contributed by atoms with Crippen molar-refractivity contribution in [2.75, 3.05) is 49.9 Å². The molecule has 1 N–H and O–H groups in total. The average molecular weight is 544 g/mol. The van der Waals surface area contributed by atoms with Crippen molar-refractivity contribution in [1.29, 1.82) is 0 Å². The lowest BCUT2D eigenvalue weighted by atomic mass is 10.2. The molecule has 3 aromatic rings. The van der Waals surface area contributed by atoms with Crippen molar-refractivity contribution in [3.8, 4) is 0 Å².